The molecular weight excluding hydrogens is 453 g/mol. The van der Waals surface area contributed by atoms with Crippen LogP contribution in [0.5, 0.6) is 0 Å². The summed E-state index contributed by atoms with van der Waals surface area (Å²) in [5.41, 5.74) is 5.06. The Bertz CT molecular complexity index is 1010. The van der Waals surface area contributed by atoms with Gasteiger partial charge in [0.15, 0.2) is 22.5 Å². The fraction of sp³-hybridized carbons (Fsp3) is 0.688. The van der Waals surface area contributed by atoms with Crippen molar-refractivity contribution in [2.24, 2.45) is 0 Å². The molecule has 15 heteroatoms. The minimum atomic E-state index is -3.30. The molecule has 2 aromatic rings. The first kappa shape index (κ1) is 24.1. The van der Waals surface area contributed by atoms with Gasteiger partial charge in [0.25, 0.3) is 5.56 Å². The molecule has 1 aliphatic rings. The Morgan fingerprint density at radius 2 is 1.94 bits per heavy atom. The van der Waals surface area contributed by atoms with Crippen LogP contribution in [0.2, 0.25) is 0 Å². The van der Waals surface area contributed by atoms with Gasteiger partial charge in [-0.2, -0.15) is 4.98 Å². The van der Waals surface area contributed by atoms with Crippen molar-refractivity contribution >= 4 is 36.5 Å². The van der Waals surface area contributed by atoms with Crippen LogP contribution in [0.25, 0.3) is 11.2 Å². The molecule has 0 spiro atoms. The fourth-order valence-corrected chi connectivity index (χ4v) is 6.26. The maximum atomic E-state index is 12.7. The largest absolute Gasteiger partial charge is 0.394 e. The molecule has 1 saturated heterocycles. The van der Waals surface area contributed by atoms with Crippen molar-refractivity contribution in [3.63, 3.8) is 0 Å². The molecule has 0 aromatic carbocycles. The predicted molar refractivity (Wildman–Crippen MR) is 112 cm³/mol. The zero-order valence-corrected chi connectivity index (χ0v) is 18.7. The zero-order chi connectivity index (χ0) is 22.8. The van der Waals surface area contributed by atoms with Crippen molar-refractivity contribution in [2.75, 3.05) is 37.5 Å². The van der Waals surface area contributed by atoms with Gasteiger partial charge in [0.1, 0.15) is 18.3 Å². The summed E-state index contributed by atoms with van der Waals surface area (Å²) in [6, 6.07) is 0. The van der Waals surface area contributed by atoms with Crippen LogP contribution >= 0.6 is 19.4 Å². The predicted octanol–water partition coefficient (Wildman–Crippen LogP) is -0.329. The van der Waals surface area contributed by atoms with E-state index in [1.807, 2.05) is 0 Å². The van der Waals surface area contributed by atoms with Crippen LogP contribution in [0, 0.1) is 0 Å². The van der Waals surface area contributed by atoms with E-state index in [1.165, 1.54) is 4.57 Å². The number of nitrogen functional groups attached to an aromatic ring is 1. The summed E-state index contributed by atoms with van der Waals surface area (Å²) in [6.45, 7) is 3.35. The van der Waals surface area contributed by atoms with Crippen molar-refractivity contribution in [1.29, 1.82) is 0 Å². The molecule has 1 aliphatic heterocycles. The molecule has 174 valence electrons. The van der Waals surface area contributed by atoms with E-state index in [1.54, 1.807) is 13.8 Å². The van der Waals surface area contributed by atoms with Crippen LogP contribution in [0.4, 0.5) is 5.95 Å². The third-order valence-electron chi connectivity index (χ3n) is 4.56. The molecule has 13 nitrogen and oxygen atoms in total. The van der Waals surface area contributed by atoms with Crippen molar-refractivity contribution in [3.05, 3.63) is 10.4 Å². The van der Waals surface area contributed by atoms with Crippen molar-refractivity contribution in [1.82, 2.24) is 19.5 Å². The highest BCUT2D eigenvalue weighted by molar-refractivity contribution is 7.99. The molecule has 0 radical (unpaired) electrons. The minimum Gasteiger partial charge on any atom is -0.394 e. The van der Waals surface area contributed by atoms with Crippen LogP contribution in [-0.4, -0.2) is 84.9 Å². The topological polar surface area (TPSA) is 195 Å². The summed E-state index contributed by atoms with van der Waals surface area (Å²) in [6.07, 6.45) is -4.93. The molecule has 0 amide bonds. The van der Waals surface area contributed by atoms with Gasteiger partial charge in [0.05, 0.1) is 26.0 Å². The Morgan fingerprint density at radius 3 is 2.52 bits per heavy atom. The first-order valence-corrected chi connectivity index (χ1v) is 12.4. The first-order valence-electron chi connectivity index (χ1n) is 9.65. The Morgan fingerprint density at radius 1 is 1.26 bits per heavy atom. The average Bonchev–Trinajstić information content (AvgIpc) is 3.20. The second kappa shape index (κ2) is 9.96. The van der Waals surface area contributed by atoms with Crippen LogP contribution < -0.4 is 11.3 Å². The fourth-order valence-electron chi connectivity index (χ4n) is 3.21. The second-order valence-electron chi connectivity index (χ2n) is 6.64. The summed E-state index contributed by atoms with van der Waals surface area (Å²) in [5, 5.41) is 30.2. The summed E-state index contributed by atoms with van der Waals surface area (Å²) in [4.78, 5) is 23.0. The zero-order valence-electron chi connectivity index (χ0n) is 17.0. The number of nitrogens with one attached hydrogen (secondary N) is 1. The van der Waals surface area contributed by atoms with Crippen LogP contribution in [0.1, 0.15) is 20.1 Å². The lowest BCUT2D eigenvalue weighted by Gasteiger charge is -2.20. The number of aliphatic hydroxyl groups is 3. The SMILES string of the molecule is CCOP(=O)(CCSc1nc2c(=O)[nH]c(N)nc2n1[C@@H]1O[C@H](CO)[C@@H](O)[C@H]1O)OCC. The summed E-state index contributed by atoms with van der Waals surface area (Å²) >= 11 is 1.12. The number of aromatic nitrogens is 4. The van der Waals surface area contributed by atoms with Gasteiger partial charge in [-0.3, -0.25) is 18.9 Å². The lowest BCUT2D eigenvalue weighted by atomic mass is 10.1. The molecule has 3 rings (SSSR count). The Kier molecular flexibility index (Phi) is 7.76. The molecule has 4 atom stereocenters. The van der Waals surface area contributed by atoms with E-state index >= 15 is 0 Å². The van der Waals surface area contributed by atoms with Crippen LogP contribution in [0.3, 0.4) is 0 Å². The molecule has 0 bridgehead atoms. The molecule has 3 heterocycles. The van der Waals surface area contributed by atoms with E-state index in [4.69, 9.17) is 19.5 Å². The number of nitrogens with zero attached hydrogens (tertiary/aromatic N) is 3. The molecule has 6 N–H and O–H groups in total. The number of rotatable bonds is 10. The minimum absolute atomic E-state index is 0.0383. The smallest absolute Gasteiger partial charge is 0.331 e. The number of ether oxygens (including phenoxy) is 1. The Labute approximate surface area is 181 Å². The lowest BCUT2D eigenvalue weighted by molar-refractivity contribution is -0.0548. The van der Waals surface area contributed by atoms with Gasteiger partial charge in [-0.1, -0.05) is 11.8 Å². The summed E-state index contributed by atoms with van der Waals surface area (Å²) in [7, 11) is -3.30. The molecule has 31 heavy (non-hydrogen) atoms. The van der Waals surface area contributed by atoms with E-state index in [0.717, 1.165) is 11.8 Å². The number of fused-ring (bicyclic) bond motifs is 1. The molecule has 1 fully saturated rings. The first-order chi connectivity index (χ1) is 14.7. The molecule has 0 aliphatic carbocycles. The second-order valence-corrected chi connectivity index (χ2v) is 9.88. The number of aliphatic hydroxyl groups excluding tert-OH is 3. The number of H-pyrrole nitrogens is 1. The highest BCUT2D eigenvalue weighted by Gasteiger charge is 2.45. The van der Waals surface area contributed by atoms with Gasteiger partial charge < -0.3 is 34.8 Å². The Hall–Kier alpha value is -1.51. The average molecular weight is 479 g/mol. The van der Waals surface area contributed by atoms with E-state index in [2.05, 4.69) is 15.0 Å². The van der Waals surface area contributed by atoms with Crippen molar-refractivity contribution < 1.29 is 33.7 Å². The third kappa shape index (κ3) is 4.96. The highest BCUT2D eigenvalue weighted by atomic mass is 32.2. The van der Waals surface area contributed by atoms with Gasteiger partial charge in [-0.15, -0.1) is 0 Å². The van der Waals surface area contributed by atoms with Gasteiger partial charge >= 0.3 is 7.60 Å². The standard InChI is InChI=1S/C16H26N5O8PS/c1-3-27-30(26,28-4-2)5-6-31-16-18-9-12(19-15(17)20-13(9)25)21(16)14-11(24)10(23)8(7-22)29-14/h8,10-11,14,22-24H,3-7H2,1-2H3,(H3,17,19,20,25)/t8-,10-,11-,14-/m1/s1. The number of thioether (sulfide) groups is 1. The number of nitrogens with two attached hydrogens (primary N) is 1. The van der Waals surface area contributed by atoms with Gasteiger partial charge in [0.2, 0.25) is 5.95 Å². The maximum absolute atomic E-state index is 12.7. The normalized spacial score (nSPS) is 24.3. The number of anilines is 1. The van der Waals surface area contributed by atoms with Crippen LogP contribution in [0.15, 0.2) is 9.95 Å². The summed E-state index contributed by atoms with van der Waals surface area (Å²) < 4.78 is 30.2. The molecule has 0 saturated carbocycles. The van der Waals surface area contributed by atoms with E-state index in [0.29, 0.717) is 0 Å². The Balaban J connectivity index is 1.96. The quantitative estimate of drug-likeness (QED) is 0.220. The van der Waals surface area contributed by atoms with Gasteiger partial charge in [-0.25, -0.2) is 4.98 Å². The monoisotopic (exact) mass is 479 g/mol. The maximum Gasteiger partial charge on any atom is 0.331 e. The molecule has 0 unspecified atom stereocenters. The van der Waals surface area contributed by atoms with Crippen molar-refractivity contribution in [2.45, 2.75) is 43.5 Å². The number of imidazole rings is 1. The van der Waals surface area contributed by atoms with E-state index < -0.39 is 44.3 Å². The lowest BCUT2D eigenvalue weighted by Crippen LogP contribution is -2.33. The number of aromatic amines is 1. The van der Waals surface area contributed by atoms with Gasteiger partial charge in [0, 0.05) is 5.75 Å². The van der Waals surface area contributed by atoms with E-state index in [-0.39, 0.29) is 47.4 Å². The molecule has 2 aromatic heterocycles. The molecular formula is C16H26N5O8PS. The third-order valence-corrected chi connectivity index (χ3v) is 7.89. The van der Waals surface area contributed by atoms with Crippen molar-refractivity contribution in [3.8, 4) is 0 Å². The number of hydrogen-bond donors (Lipinski definition) is 5. The highest BCUT2D eigenvalue weighted by Crippen LogP contribution is 2.48. The van der Waals surface area contributed by atoms with E-state index in [9.17, 15) is 24.7 Å². The van der Waals surface area contributed by atoms with Gasteiger partial charge in [-0.05, 0) is 13.8 Å². The van der Waals surface area contributed by atoms with Crippen LogP contribution in [-0.2, 0) is 18.3 Å². The summed E-state index contributed by atoms with van der Waals surface area (Å²) in [5.74, 6) is 0.0714. The number of hydrogen-bond acceptors (Lipinski definition) is 12.